The second kappa shape index (κ2) is 3.98. The van der Waals surface area contributed by atoms with Gasteiger partial charge in [-0.2, -0.15) is 11.8 Å². The molecule has 0 aromatic heterocycles. The molecule has 0 rings (SSSR count). The van der Waals surface area contributed by atoms with Crippen LogP contribution < -0.4 is 5.32 Å². The predicted molar refractivity (Wildman–Crippen MR) is 46.5 cm³/mol. The van der Waals surface area contributed by atoms with Crippen molar-refractivity contribution in [2.75, 3.05) is 19.1 Å². The smallest absolute Gasteiger partial charge is 0.150 e. The van der Waals surface area contributed by atoms with Crippen LogP contribution in [0.25, 0.3) is 0 Å². The van der Waals surface area contributed by atoms with Crippen LogP contribution >= 0.6 is 11.8 Å². The third-order valence-corrected chi connectivity index (χ3v) is 2.63. The molecule has 0 saturated heterocycles. The molecule has 0 amide bonds. The zero-order chi connectivity index (χ0) is 8.20. The van der Waals surface area contributed by atoms with Gasteiger partial charge in [0.25, 0.3) is 0 Å². The van der Waals surface area contributed by atoms with Crippen molar-refractivity contribution in [1.82, 2.24) is 5.32 Å². The van der Waals surface area contributed by atoms with Crippen molar-refractivity contribution in [3.63, 3.8) is 0 Å². The minimum absolute atomic E-state index is 0.198. The zero-order valence-electron chi connectivity index (χ0n) is 7.02. The third-order valence-electron chi connectivity index (χ3n) is 1.76. The first-order valence-corrected chi connectivity index (χ1v) is 4.65. The molecule has 0 unspecified atom stereocenters. The summed E-state index contributed by atoms with van der Waals surface area (Å²) >= 11 is 1.68. The highest BCUT2D eigenvalue weighted by Gasteiger charge is 2.26. The molecule has 3 heteroatoms. The van der Waals surface area contributed by atoms with Gasteiger partial charge in [0, 0.05) is 5.75 Å². The summed E-state index contributed by atoms with van der Waals surface area (Å²) in [6, 6.07) is 0. The summed E-state index contributed by atoms with van der Waals surface area (Å²) in [5.74, 6) is 1.03. The summed E-state index contributed by atoms with van der Waals surface area (Å²) in [5.41, 5.74) is -0.334. The quantitative estimate of drug-likeness (QED) is 0.664. The van der Waals surface area contributed by atoms with E-state index in [0.29, 0.717) is 0 Å². The molecule has 0 heterocycles. The largest absolute Gasteiger partial charge is 0.308 e. The Kier molecular flexibility index (Phi) is 3.98. The number of hydrogen-bond donors (Lipinski definition) is 1. The molecule has 0 radical (unpaired) electrons. The van der Waals surface area contributed by atoms with E-state index in [2.05, 4.69) is 5.32 Å². The number of likely N-dealkylation sites (N-methyl/N-ethyl adjacent to an activating group) is 1. The van der Waals surface area contributed by atoms with Crippen LogP contribution in [0.3, 0.4) is 0 Å². The van der Waals surface area contributed by atoms with Crippen molar-refractivity contribution < 1.29 is 4.79 Å². The van der Waals surface area contributed by atoms with Crippen LogP contribution in [0.4, 0.5) is 0 Å². The number of Topliss-reactive ketones (excluding diaryl/α,β-unsaturated/α-hetero) is 1. The Morgan fingerprint density at radius 2 is 2.20 bits per heavy atom. The van der Waals surface area contributed by atoms with Crippen molar-refractivity contribution in [2.45, 2.75) is 19.4 Å². The van der Waals surface area contributed by atoms with Crippen LogP contribution in [0, 0.1) is 0 Å². The van der Waals surface area contributed by atoms with Gasteiger partial charge in [0.05, 0.1) is 5.54 Å². The van der Waals surface area contributed by atoms with Crippen LogP contribution in [0.1, 0.15) is 13.8 Å². The van der Waals surface area contributed by atoms with Crippen molar-refractivity contribution in [1.29, 1.82) is 0 Å². The fraction of sp³-hybridized carbons (Fsp3) is 0.857. The molecule has 0 bridgehead atoms. The molecule has 0 aliphatic carbocycles. The zero-order valence-corrected chi connectivity index (χ0v) is 7.84. The number of ketones is 1. The summed E-state index contributed by atoms with van der Waals surface area (Å²) < 4.78 is 0. The first-order valence-electron chi connectivity index (χ1n) is 3.25. The molecule has 10 heavy (non-hydrogen) atoms. The first-order chi connectivity index (χ1) is 4.56. The Hall–Kier alpha value is -0.0200. The fourth-order valence-corrected chi connectivity index (χ4v) is 1.56. The lowest BCUT2D eigenvalue weighted by atomic mass is 10.0. The van der Waals surface area contributed by atoms with Gasteiger partial charge < -0.3 is 5.32 Å². The van der Waals surface area contributed by atoms with Crippen LogP contribution in [0.15, 0.2) is 0 Å². The highest BCUT2D eigenvalue weighted by atomic mass is 32.2. The number of thioether (sulfide) groups is 1. The second-order valence-electron chi connectivity index (χ2n) is 2.57. The topological polar surface area (TPSA) is 29.1 Å². The molecule has 0 saturated carbocycles. The van der Waals surface area contributed by atoms with Gasteiger partial charge in [0.2, 0.25) is 0 Å². The van der Waals surface area contributed by atoms with Crippen LogP contribution in [0.5, 0.6) is 0 Å². The molecule has 60 valence electrons. The Morgan fingerprint density at radius 1 is 1.70 bits per heavy atom. The van der Waals surface area contributed by atoms with E-state index in [1.807, 2.05) is 20.2 Å². The van der Waals surface area contributed by atoms with Gasteiger partial charge in [-0.25, -0.2) is 0 Å². The lowest BCUT2D eigenvalue weighted by Crippen LogP contribution is -2.48. The number of nitrogens with one attached hydrogen (secondary N) is 1. The van der Waals surface area contributed by atoms with E-state index >= 15 is 0 Å². The van der Waals surface area contributed by atoms with Crippen LogP contribution in [-0.2, 0) is 4.79 Å². The molecule has 0 aromatic rings. The maximum Gasteiger partial charge on any atom is 0.150 e. The van der Waals surface area contributed by atoms with E-state index in [-0.39, 0.29) is 11.3 Å². The van der Waals surface area contributed by atoms with Gasteiger partial charge in [-0.15, -0.1) is 0 Å². The standard InChI is InChI=1S/C7H15NOS/c1-6(9)7(2,8-3)5-10-4/h8H,5H2,1-4H3/t7-/m0/s1. The molecular formula is C7H15NOS. The Bertz CT molecular complexity index is 127. The second-order valence-corrected chi connectivity index (χ2v) is 3.44. The normalized spacial score (nSPS) is 16.4. The van der Waals surface area contributed by atoms with Gasteiger partial charge in [-0.3, -0.25) is 4.79 Å². The molecule has 0 aromatic carbocycles. The van der Waals surface area contributed by atoms with Gasteiger partial charge in [-0.05, 0) is 27.2 Å². The maximum atomic E-state index is 11.0. The predicted octanol–water partition coefficient (Wildman–Crippen LogP) is 0.916. The van der Waals surface area contributed by atoms with E-state index in [1.165, 1.54) is 0 Å². The lowest BCUT2D eigenvalue weighted by molar-refractivity contribution is -0.121. The summed E-state index contributed by atoms with van der Waals surface area (Å²) in [6.07, 6.45) is 2.00. The number of hydrogen-bond acceptors (Lipinski definition) is 3. The van der Waals surface area contributed by atoms with E-state index in [9.17, 15) is 4.79 Å². The summed E-state index contributed by atoms with van der Waals surface area (Å²) in [6.45, 7) is 3.54. The van der Waals surface area contributed by atoms with E-state index in [0.717, 1.165) is 5.75 Å². The average Bonchev–Trinajstić information content (AvgIpc) is 1.88. The number of carbonyl (C=O) groups excluding carboxylic acids is 1. The van der Waals surface area contributed by atoms with Gasteiger partial charge in [-0.1, -0.05) is 0 Å². The SMILES string of the molecule is CN[C@@](C)(CSC)C(C)=O. The van der Waals surface area contributed by atoms with Gasteiger partial charge in [0.1, 0.15) is 5.78 Å². The summed E-state index contributed by atoms with van der Waals surface area (Å²) in [4.78, 5) is 11.0. The molecule has 1 N–H and O–H groups in total. The Morgan fingerprint density at radius 3 is 2.30 bits per heavy atom. The average molecular weight is 161 g/mol. The highest BCUT2D eigenvalue weighted by molar-refractivity contribution is 7.98. The van der Waals surface area contributed by atoms with E-state index in [4.69, 9.17) is 0 Å². The minimum Gasteiger partial charge on any atom is -0.308 e. The maximum absolute atomic E-state index is 11.0. The summed E-state index contributed by atoms with van der Waals surface area (Å²) in [7, 11) is 1.82. The molecule has 1 atom stereocenters. The Labute approximate surface area is 66.8 Å². The first kappa shape index (κ1) is 9.98. The fourth-order valence-electron chi connectivity index (χ4n) is 0.639. The van der Waals surface area contributed by atoms with Crippen LogP contribution in [-0.4, -0.2) is 30.4 Å². The van der Waals surface area contributed by atoms with Crippen molar-refractivity contribution in [2.24, 2.45) is 0 Å². The number of rotatable bonds is 4. The van der Waals surface area contributed by atoms with Crippen molar-refractivity contribution in [3.8, 4) is 0 Å². The molecule has 2 nitrogen and oxygen atoms in total. The van der Waals surface area contributed by atoms with Gasteiger partial charge in [0.15, 0.2) is 0 Å². The highest BCUT2D eigenvalue weighted by Crippen LogP contribution is 2.10. The lowest BCUT2D eigenvalue weighted by Gasteiger charge is -2.24. The third kappa shape index (κ3) is 2.31. The molecule has 0 spiro atoms. The number of carbonyl (C=O) groups is 1. The molecule has 0 aliphatic heterocycles. The van der Waals surface area contributed by atoms with E-state index in [1.54, 1.807) is 18.7 Å². The molecule has 0 fully saturated rings. The molecular weight excluding hydrogens is 146 g/mol. The van der Waals surface area contributed by atoms with Crippen molar-refractivity contribution in [3.05, 3.63) is 0 Å². The van der Waals surface area contributed by atoms with Crippen LogP contribution in [0.2, 0.25) is 0 Å². The van der Waals surface area contributed by atoms with Gasteiger partial charge >= 0.3 is 0 Å². The van der Waals surface area contributed by atoms with E-state index < -0.39 is 0 Å². The summed E-state index contributed by atoms with van der Waals surface area (Å²) in [5, 5.41) is 3.01. The molecule has 0 aliphatic rings. The minimum atomic E-state index is -0.334. The Balaban J connectivity index is 4.08. The monoisotopic (exact) mass is 161 g/mol. The van der Waals surface area contributed by atoms with Crippen molar-refractivity contribution >= 4 is 17.5 Å².